The number of hydrogen-bond acceptors (Lipinski definition) is 3. The summed E-state index contributed by atoms with van der Waals surface area (Å²) in [6.07, 6.45) is 1.34. The van der Waals surface area contributed by atoms with E-state index in [0.717, 1.165) is 5.56 Å². The number of carbonyl (C=O) groups is 1. The van der Waals surface area contributed by atoms with Crippen LogP contribution in [0.5, 0.6) is 0 Å². The van der Waals surface area contributed by atoms with E-state index in [4.69, 9.17) is 11.6 Å². The largest absolute Gasteiger partial charge is 0.352 e. The lowest BCUT2D eigenvalue weighted by Crippen LogP contribution is -2.45. The molecular weight excluding hydrogens is 372 g/mol. The number of carbonyl (C=O) groups excluding carboxylic acids is 1. The molecule has 0 aromatic heterocycles. The number of rotatable bonds is 5. The monoisotopic (exact) mass is 392 g/mol. The van der Waals surface area contributed by atoms with E-state index < -0.39 is 10.0 Å². The zero-order chi connectivity index (χ0) is 18.6. The molecule has 1 N–H and O–H groups in total. The molecule has 26 heavy (non-hydrogen) atoms. The lowest BCUT2D eigenvalue weighted by atomic mass is 9.99. The zero-order valence-electron chi connectivity index (χ0n) is 14.3. The lowest BCUT2D eigenvalue weighted by molar-refractivity contribution is -0.126. The quantitative estimate of drug-likeness (QED) is 0.850. The van der Waals surface area contributed by atoms with E-state index in [1.807, 2.05) is 18.2 Å². The summed E-state index contributed by atoms with van der Waals surface area (Å²) in [5, 5.41) is 3.48. The second-order valence-electron chi connectivity index (χ2n) is 6.32. The molecule has 1 heterocycles. The number of nitrogens with zero attached hydrogens (tertiary/aromatic N) is 1. The summed E-state index contributed by atoms with van der Waals surface area (Å²) < 4.78 is 26.9. The molecule has 0 bridgehead atoms. The summed E-state index contributed by atoms with van der Waals surface area (Å²) in [6, 6.07) is 15.7. The predicted molar refractivity (Wildman–Crippen MR) is 101 cm³/mol. The molecule has 0 aliphatic carbocycles. The molecule has 2 aromatic rings. The topological polar surface area (TPSA) is 66.5 Å². The van der Waals surface area contributed by atoms with Gasteiger partial charge in [-0.1, -0.05) is 48.0 Å². The van der Waals surface area contributed by atoms with Crippen molar-refractivity contribution >= 4 is 27.5 Å². The highest BCUT2D eigenvalue weighted by Gasteiger charge is 2.33. The second kappa shape index (κ2) is 8.20. The van der Waals surface area contributed by atoms with E-state index in [2.05, 4.69) is 5.32 Å². The van der Waals surface area contributed by atoms with Crippen molar-refractivity contribution in [1.29, 1.82) is 0 Å². The lowest BCUT2D eigenvalue weighted by Gasteiger charge is -2.31. The molecule has 1 amide bonds. The van der Waals surface area contributed by atoms with Crippen LogP contribution >= 0.6 is 11.6 Å². The number of benzene rings is 2. The van der Waals surface area contributed by atoms with E-state index in [-0.39, 0.29) is 23.3 Å². The molecule has 1 aliphatic heterocycles. The molecule has 5 nitrogen and oxygen atoms in total. The molecule has 1 aliphatic rings. The van der Waals surface area contributed by atoms with Gasteiger partial charge >= 0.3 is 0 Å². The highest BCUT2D eigenvalue weighted by Crippen LogP contribution is 2.24. The van der Waals surface area contributed by atoms with Gasteiger partial charge in [-0.2, -0.15) is 4.31 Å². The molecule has 0 radical (unpaired) electrons. The van der Waals surface area contributed by atoms with Gasteiger partial charge in [0, 0.05) is 24.7 Å². The van der Waals surface area contributed by atoms with Crippen molar-refractivity contribution in [1.82, 2.24) is 9.62 Å². The summed E-state index contributed by atoms with van der Waals surface area (Å²) >= 11 is 6.11. The molecule has 1 fully saturated rings. The van der Waals surface area contributed by atoms with Crippen LogP contribution in [0.2, 0.25) is 5.02 Å². The first-order valence-corrected chi connectivity index (χ1v) is 10.4. The molecule has 3 rings (SSSR count). The van der Waals surface area contributed by atoms with Gasteiger partial charge in [0.25, 0.3) is 0 Å². The van der Waals surface area contributed by atoms with Gasteiger partial charge in [-0.3, -0.25) is 4.79 Å². The van der Waals surface area contributed by atoms with Gasteiger partial charge in [0.2, 0.25) is 15.9 Å². The fourth-order valence-corrected chi connectivity index (χ4v) is 4.83. The standard InChI is InChI=1S/C19H21ClN2O3S/c20-18-11-5-4-7-15(18)13-21-19(23)16-8-6-12-22(14-16)26(24,25)17-9-2-1-3-10-17/h1-5,7,9-11,16H,6,8,12-14H2,(H,21,23)/t16-/m1/s1. The average Bonchev–Trinajstić information content (AvgIpc) is 2.68. The highest BCUT2D eigenvalue weighted by atomic mass is 35.5. The van der Waals surface area contributed by atoms with Gasteiger partial charge in [0.05, 0.1) is 10.8 Å². The van der Waals surface area contributed by atoms with Crippen molar-refractivity contribution in [2.45, 2.75) is 24.3 Å². The third-order valence-electron chi connectivity index (χ3n) is 4.55. The average molecular weight is 393 g/mol. The molecule has 138 valence electrons. The van der Waals surface area contributed by atoms with Crippen molar-refractivity contribution in [3.05, 3.63) is 65.2 Å². The fraction of sp³-hybridized carbons (Fsp3) is 0.316. The van der Waals surface area contributed by atoms with E-state index >= 15 is 0 Å². The van der Waals surface area contributed by atoms with Gasteiger partial charge in [-0.05, 0) is 36.6 Å². The third-order valence-corrected chi connectivity index (χ3v) is 6.79. The van der Waals surface area contributed by atoms with Crippen LogP contribution in [0.4, 0.5) is 0 Å². The molecule has 2 aromatic carbocycles. The van der Waals surface area contributed by atoms with E-state index in [1.54, 1.807) is 36.4 Å². The maximum absolute atomic E-state index is 12.8. The van der Waals surface area contributed by atoms with Crippen LogP contribution < -0.4 is 5.32 Å². The Bertz CT molecular complexity index is 871. The Morgan fingerprint density at radius 3 is 2.54 bits per heavy atom. The van der Waals surface area contributed by atoms with Crippen LogP contribution in [0.25, 0.3) is 0 Å². The highest BCUT2D eigenvalue weighted by molar-refractivity contribution is 7.89. The van der Waals surface area contributed by atoms with E-state index in [1.165, 1.54) is 4.31 Å². The minimum atomic E-state index is -3.57. The second-order valence-corrected chi connectivity index (χ2v) is 8.67. The zero-order valence-corrected chi connectivity index (χ0v) is 15.8. The normalized spacial score (nSPS) is 18.4. The van der Waals surface area contributed by atoms with Gasteiger partial charge in [0.1, 0.15) is 0 Å². The van der Waals surface area contributed by atoms with Crippen LogP contribution in [-0.2, 0) is 21.4 Å². The van der Waals surface area contributed by atoms with E-state index in [9.17, 15) is 13.2 Å². The maximum atomic E-state index is 12.8. The maximum Gasteiger partial charge on any atom is 0.243 e. The summed E-state index contributed by atoms with van der Waals surface area (Å²) in [5.74, 6) is -0.498. The Morgan fingerprint density at radius 1 is 1.12 bits per heavy atom. The molecule has 1 saturated heterocycles. The summed E-state index contributed by atoms with van der Waals surface area (Å²) in [7, 11) is -3.57. The molecular formula is C19H21ClN2O3S. The molecule has 1 atom stereocenters. The molecule has 7 heteroatoms. The summed E-state index contributed by atoms with van der Waals surface area (Å²) in [4.78, 5) is 12.8. The van der Waals surface area contributed by atoms with Crippen molar-refractivity contribution < 1.29 is 13.2 Å². The SMILES string of the molecule is O=C(NCc1ccccc1Cl)[C@@H]1CCCN(S(=O)(=O)c2ccccc2)C1. The van der Waals surface area contributed by atoms with E-state index in [0.29, 0.717) is 31.0 Å². The van der Waals surface area contributed by atoms with Crippen molar-refractivity contribution in [3.8, 4) is 0 Å². The smallest absolute Gasteiger partial charge is 0.243 e. The van der Waals surface area contributed by atoms with Crippen molar-refractivity contribution in [2.24, 2.45) is 5.92 Å². The van der Waals surface area contributed by atoms with Gasteiger partial charge in [-0.15, -0.1) is 0 Å². The van der Waals surface area contributed by atoms with Crippen LogP contribution in [0, 0.1) is 5.92 Å². The summed E-state index contributed by atoms with van der Waals surface area (Å²) in [6.45, 7) is 0.970. The Morgan fingerprint density at radius 2 is 1.81 bits per heavy atom. The fourth-order valence-electron chi connectivity index (χ4n) is 3.08. The van der Waals surface area contributed by atoms with Crippen LogP contribution in [-0.4, -0.2) is 31.7 Å². The number of sulfonamides is 1. The van der Waals surface area contributed by atoms with Crippen molar-refractivity contribution in [3.63, 3.8) is 0 Å². The first-order valence-electron chi connectivity index (χ1n) is 8.55. The molecule has 0 saturated carbocycles. The minimum absolute atomic E-state index is 0.141. The van der Waals surface area contributed by atoms with Crippen LogP contribution in [0.3, 0.4) is 0 Å². The Labute approximate surface area is 159 Å². The van der Waals surface area contributed by atoms with Gasteiger partial charge in [0.15, 0.2) is 0 Å². The Kier molecular flexibility index (Phi) is 5.96. The summed E-state index contributed by atoms with van der Waals surface area (Å²) in [5.41, 5.74) is 0.840. The number of amides is 1. The third kappa shape index (κ3) is 4.26. The Balaban J connectivity index is 1.65. The van der Waals surface area contributed by atoms with Crippen molar-refractivity contribution in [2.75, 3.05) is 13.1 Å². The first-order chi connectivity index (χ1) is 12.5. The number of piperidine rings is 1. The Hall–Kier alpha value is -1.89. The number of hydrogen-bond donors (Lipinski definition) is 1. The minimum Gasteiger partial charge on any atom is -0.352 e. The van der Waals surface area contributed by atoms with Gasteiger partial charge in [-0.25, -0.2) is 8.42 Å². The predicted octanol–water partition coefficient (Wildman–Crippen LogP) is 3.06. The van der Waals surface area contributed by atoms with Crippen LogP contribution in [0.1, 0.15) is 18.4 Å². The molecule has 0 unspecified atom stereocenters. The first kappa shape index (κ1) is 18.9. The van der Waals surface area contributed by atoms with Gasteiger partial charge < -0.3 is 5.32 Å². The number of nitrogens with one attached hydrogen (secondary N) is 1. The molecule has 0 spiro atoms. The number of halogens is 1. The van der Waals surface area contributed by atoms with Crippen LogP contribution in [0.15, 0.2) is 59.5 Å².